The van der Waals surface area contributed by atoms with Crippen molar-refractivity contribution < 1.29 is 29.9 Å². The lowest BCUT2D eigenvalue weighted by Crippen LogP contribution is -1.90. The molecular weight excluding hydrogens is 264 g/mol. The minimum absolute atomic E-state index is 0.0432. The van der Waals surface area contributed by atoms with Crippen molar-refractivity contribution in [3.63, 3.8) is 0 Å². The fourth-order valence-corrected chi connectivity index (χ4v) is 1.91. The number of phenolic OH excluding ortho intramolecular Hbond substituents is 4. The van der Waals surface area contributed by atoms with Crippen LogP contribution in [0.2, 0.25) is 0 Å². The third-order valence-electron chi connectivity index (χ3n) is 2.85. The molecule has 0 aliphatic rings. The molecule has 0 amide bonds. The highest BCUT2D eigenvalue weighted by atomic mass is 16.5. The first-order chi connectivity index (χ1) is 9.47. The standard InChI is InChI=1S/C14H14O6/c1-19-11-5-7(15)3-9(13(11)17)10-4-8(16)6-12(20-2)14(10)18/h3-6,15-18H,1-2H3. The minimum atomic E-state index is -0.270. The van der Waals surface area contributed by atoms with Crippen LogP contribution in [0.3, 0.4) is 0 Å². The summed E-state index contributed by atoms with van der Waals surface area (Å²) >= 11 is 0. The lowest BCUT2D eigenvalue weighted by atomic mass is 10.0. The maximum Gasteiger partial charge on any atom is 0.166 e. The van der Waals surface area contributed by atoms with E-state index in [1.54, 1.807) is 0 Å². The van der Waals surface area contributed by atoms with Gasteiger partial charge in [0.15, 0.2) is 23.0 Å². The largest absolute Gasteiger partial charge is 0.508 e. The van der Waals surface area contributed by atoms with Crippen LogP contribution in [0, 0.1) is 0 Å². The maximum absolute atomic E-state index is 10.1. The van der Waals surface area contributed by atoms with E-state index in [0.717, 1.165) is 0 Å². The third-order valence-corrected chi connectivity index (χ3v) is 2.85. The van der Waals surface area contributed by atoms with E-state index in [-0.39, 0.29) is 45.6 Å². The van der Waals surface area contributed by atoms with Crippen LogP contribution in [0.15, 0.2) is 24.3 Å². The molecule has 2 aromatic carbocycles. The zero-order valence-corrected chi connectivity index (χ0v) is 10.9. The van der Waals surface area contributed by atoms with E-state index >= 15 is 0 Å². The van der Waals surface area contributed by atoms with Gasteiger partial charge >= 0.3 is 0 Å². The van der Waals surface area contributed by atoms with Gasteiger partial charge in [-0.1, -0.05) is 0 Å². The van der Waals surface area contributed by atoms with E-state index in [1.807, 2.05) is 0 Å². The number of rotatable bonds is 3. The molecule has 0 aliphatic heterocycles. The summed E-state index contributed by atoms with van der Waals surface area (Å²) in [7, 11) is 2.67. The monoisotopic (exact) mass is 278 g/mol. The van der Waals surface area contributed by atoms with Crippen molar-refractivity contribution in [3.05, 3.63) is 24.3 Å². The molecule has 0 bridgehead atoms. The second-order valence-corrected chi connectivity index (χ2v) is 4.09. The minimum Gasteiger partial charge on any atom is -0.508 e. The molecule has 0 aromatic heterocycles. The van der Waals surface area contributed by atoms with Crippen molar-refractivity contribution in [2.24, 2.45) is 0 Å². The second kappa shape index (κ2) is 5.08. The highest BCUT2D eigenvalue weighted by Crippen LogP contribution is 2.47. The predicted octanol–water partition coefficient (Wildman–Crippen LogP) is 2.19. The fraction of sp³-hybridized carbons (Fsp3) is 0.143. The Balaban J connectivity index is 2.74. The molecule has 4 N–H and O–H groups in total. The van der Waals surface area contributed by atoms with Crippen molar-refractivity contribution in [1.82, 2.24) is 0 Å². The van der Waals surface area contributed by atoms with E-state index in [4.69, 9.17) is 9.47 Å². The SMILES string of the molecule is COc1cc(O)cc(-c2cc(O)cc(OC)c2O)c1O. The Morgan fingerprint density at radius 2 is 1.00 bits per heavy atom. The van der Waals surface area contributed by atoms with Gasteiger partial charge in [0.25, 0.3) is 0 Å². The third kappa shape index (κ3) is 2.23. The van der Waals surface area contributed by atoms with Crippen LogP contribution < -0.4 is 9.47 Å². The number of hydrogen-bond acceptors (Lipinski definition) is 6. The molecule has 6 heteroatoms. The first-order valence-electron chi connectivity index (χ1n) is 5.68. The molecule has 0 saturated carbocycles. The lowest BCUT2D eigenvalue weighted by molar-refractivity contribution is 0.365. The molecule has 0 radical (unpaired) electrons. The molecule has 0 aliphatic carbocycles. The number of aromatic hydroxyl groups is 4. The second-order valence-electron chi connectivity index (χ2n) is 4.09. The predicted molar refractivity (Wildman–Crippen MR) is 71.6 cm³/mol. The van der Waals surface area contributed by atoms with Gasteiger partial charge in [-0.25, -0.2) is 0 Å². The Kier molecular flexibility index (Phi) is 3.47. The summed E-state index contributed by atoms with van der Waals surface area (Å²) in [5.41, 5.74) is 0.210. The summed E-state index contributed by atoms with van der Waals surface area (Å²) < 4.78 is 9.86. The number of ether oxygens (including phenoxy) is 2. The summed E-state index contributed by atoms with van der Waals surface area (Å²) in [5, 5.41) is 39.4. The van der Waals surface area contributed by atoms with Crippen molar-refractivity contribution in [3.8, 4) is 45.6 Å². The van der Waals surface area contributed by atoms with Crippen LogP contribution in [0.4, 0.5) is 0 Å². The Bertz CT molecular complexity index is 593. The van der Waals surface area contributed by atoms with Gasteiger partial charge in [0.05, 0.1) is 14.2 Å². The van der Waals surface area contributed by atoms with Crippen LogP contribution in [0.25, 0.3) is 11.1 Å². The molecule has 2 aromatic rings. The van der Waals surface area contributed by atoms with E-state index in [0.29, 0.717) is 0 Å². The highest BCUT2D eigenvalue weighted by Gasteiger charge is 2.18. The molecule has 6 nitrogen and oxygen atoms in total. The number of hydrogen-bond donors (Lipinski definition) is 4. The molecule has 20 heavy (non-hydrogen) atoms. The summed E-state index contributed by atoms with van der Waals surface area (Å²) in [4.78, 5) is 0. The van der Waals surface area contributed by atoms with Gasteiger partial charge in [0.2, 0.25) is 0 Å². The van der Waals surface area contributed by atoms with E-state index in [9.17, 15) is 20.4 Å². The molecule has 0 saturated heterocycles. The summed E-state index contributed by atoms with van der Waals surface area (Å²) in [5.74, 6) is -0.766. The summed E-state index contributed by atoms with van der Waals surface area (Å²) in [6, 6.07) is 4.95. The van der Waals surface area contributed by atoms with Gasteiger partial charge in [-0.15, -0.1) is 0 Å². The van der Waals surface area contributed by atoms with Gasteiger partial charge in [-0.2, -0.15) is 0 Å². The van der Waals surface area contributed by atoms with E-state index in [2.05, 4.69) is 0 Å². The van der Waals surface area contributed by atoms with Gasteiger partial charge in [-0.3, -0.25) is 0 Å². The van der Waals surface area contributed by atoms with Gasteiger partial charge < -0.3 is 29.9 Å². The topological polar surface area (TPSA) is 99.4 Å². The average Bonchev–Trinajstić information content (AvgIpc) is 2.43. The fourth-order valence-electron chi connectivity index (χ4n) is 1.91. The van der Waals surface area contributed by atoms with Gasteiger partial charge in [0, 0.05) is 23.3 Å². The lowest BCUT2D eigenvalue weighted by Gasteiger charge is -2.13. The smallest absolute Gasteiger partial charge is 0.166 e. The quantitative estimate of drug-likeness (QED) is 0.642. The maximum atomic E-state index is 10.1. The normalized spacial score (nSPS) is 10.3. The van der Waals surface area contributed by atoms with Crippen LogP contribution in [-0.2, 0) is 0 Å². The molecular formula is C14H14O6. The number of benzene rings is 2. The zero-order valence-electron chi connectivity index (χ0n) is 10.9. The molecule has 2 rings (SSSR count). The molecule has 0 atom stereocenters. The highest BCUT2D eigenvalue weighted by molar-refractivity contribution is 5.82. The van der Waals surface area contributed by atoms with Crippen molar-refractivity contribution in [1.29, 1.82) is 0 Å². The van der Waals surface area contributed by atoms with Crippen LogP contribution in [0.1, 0.15) is 0 Å². The molecule has 0 spiro atoms. The summed E-state index contributed by atoms with van der Waals surface area (Å²) in [6.07, 6.45) is 0. The number of phenols is 4. The van der Waals surface area contributed by atoms with E-state index < -0.39 is 0 Å². The molecule has 106 valence electrons. The zero-order chi connectivity index (χ0) is 14.9. The Hall–Kier alpha value is -2.76. The first-order valence-corrected chi connectivity index (χ1v) is 5.68. The van der Waals surface area contributed by atoms with Crippen LogP contribution >= 0.6 is 0 Å². The molecule has 0 fully saturated rings. The van der Waals surface area contributed by atoms with Crippen LogP contribution in [0.5, 0.6) is 34.5 Å². The van der Waals surface area contributed by atoms with Crippen molar-refractivity contribution in [2.75, 3.05) is 14.2 Å². The first kappa shape index (κ1) is 13.7. The Morgan fingerprint density at radius 3 is 1.30 bits per heavy atom. The van der Waals surface area contributed by atoms with Crippen molar-refractivity contribution in [2.45, 2.75) is 0 Å². The Labute approximate surface area is 115 Å². The van der Waals surface area contributed by atoms with Gasteiger partial charge in [-0.05, 0) is 12.1 Å². The van der Waals surface area contributed by atoms with E-state index in [1.165, 1.54) is 38.5 Å². The van der Waals surface area contributed by atoms with Crippen LogP contribution in [-0.4, -0.2) is 34.6 Å². The number of methoxy groups -OCH3 is 2. The van der Waals surface area contributed by atoms with Gasteiger partial charge in [0.1, 0.15) is 11.5 Å². The molecule has 0 unspecified atom stereocenters. The average molecular weight is 278 g/mol. The Morgan fingerprint density at radius 1 is 0.650 bits per heavy atom. The molecule has 0 heterocycles. The summed E-state index contributed by atoms with van der Waals surface area (Å²) in [6.45, 7) is 0. The van der Waals surface area contributed by atoms with Crippen molar-refractivity contribution >= 4 is 0 Å².